The summed E-state index contributed by atoms with van der Waals surface area (Å²) in [6.45, 7) is 0.572. The predicted molar refractivity (Wildman–Crippen MR) is 58.4 cm³/mol. The standard InChI is InChI=1S/C13H16F2O/c14-11-6-12(15)8-13(7-11)16-9-10-4-2-1-3-5-10/h6-8,10H,1-5,9H2. The van der Waals surface area contributed by atoms with E-state index in [1.165, 1.54) is 31.4 Å². The molecule has 16 heavy (non-hydrogen) atoms. The molecule has 0 saturated heterocycles. The fraction of sp³-hybridized carbons (Fsp3) is 0.538. The summed E-state index contributed by atoms with van der Waals surface area (Å²) in [5.74, 6) is -0.333. The third-order valence-electron chi connectivity index (χ3n) is 3.05. The van der Waals surface area contributed by atoms with Gasteiger partial charge in [0, 0.05) is 18.2 Å². The third kappa shape index (κ3) is 3.19. The lowest BCUT2D eigenvalue weighted by Crippen LogP contribution is -2.15. The molecule has 1 aromatic rings. The van der Waals surface area contributed by atoms with Crippen molar-refractivity contribution in [3.63, 3.8) is 0 Å². The molecule has 0 atom stereocenters. The largest absolute Gasteiger partial charge is 0.493 e. The Bertz CT molecular complexity index is 326. The summed E-state index contributed by atoms with van der Waals surface area (Å²) in [5, 5.41) is 0. The summed E-state index contributed by atoms with van der Waals surface area (Å²) in [6.07, 6.45) is 6.11. The highest BCUT2D eigenvalue weighted by molar-refractivity contribution is 5.23. The van der Waals surface area contributed by atoms with Gasteiger partial charge in [0.1, 0.15) is 17.4 Å². The van der Waals surface area contributed by atoms with E-state index in [1.807, 2.05) is 0 Å². The van der Waals surface area contributed by atoms with Gasteiger partial charge in [-0.2, -0.15) is 0 Å². The number of rotatable bonds is 3. The molecule has 0 aliphatic heterocycles. The van der Waals surface area contributed by atoms with Gasteiger partial charge in [0.25, 0.3) is 0 Å². The Labute approximate surface area is 94.4 Å². The van der Waals surface area contributed by atoms with Crippen LogP contribution >= 0.6 is 0 Å². The van der Waals surface area contributed by atoms with Gasteiger partial charge in [0.15, 0.2) is 0 Å². The van der Waals surface area contributed by atoms with Crippen molar-refractivity contribution in [3.8, 4) is 5.75 Å². The first kappa shape index (κ1) is 11.4. The molecule has 88 valence electrons. The van der Waals surface area contributed by atoms with Crippen LogP contribution in [0.2, 0.25) is 0 Å². The van der Waals surface area contributed by atoms with Crippen molar-refractivity contribution in [2.75, 3.05) is 6.61 Å². The van der Waals surface area contributed by atoms with Crippen molar-refractivity contribution in [3.05, 3.63) is 29.8 Å². The molecule has 1 aliphatic rings. The van der Waals surface area contributed by atoms with E-state index in [1.54, 1.807) is 0 Å². The smallest absolute Gasteiger partial charge is 0.129 e. The van der Waals surface area contributed by atoms with E-state index in [9.17, 15) is 8.78 Å². The molecule has 0 radical (unpaired) electrons. The zero-order valence-corrected chi connectivity index (χ0v) is 9.22. The van der Waals surface area contributed by atoms with E-state index in [-0.39, 0.29) is 0 Å². The summed E-state index contributed by atoms with van der Waals surface area (Å²) in [4.78, 5) is 0. The SMILES string of the molecule is Fc1cc(F)cc(OCC2CCCCC2)c1. The molecule has 0 N–H and O–H groups in total. The monoisotopic (exact) mass is 226 g/mol. The number of hydrogen-bond acceptors (Lipinski definition) is 1. The van der Waals surface area contributed by atoms with E-state index >= 15 is 0 Å². The second-order valence-corrected chi connectivity index (χ2v) is 4.42. The highest BCUT2D eigenvalue weighted by atomic mass is 19.1. The van der Waals surface area contributed by atoms with E-state index in [0.717, 1.165) is 18.9 Å². The Balaban J connectivity index is 1.88. The molecule has 0 heterocycles. The predicted octanol–water partition coefficient (Wildman–Crippen LogP) is 3.92. The Morgan fingerprint density at radius 2 is 1.62 bits per heavy atom. The van der Waals surface area contributed by atoms with Crippen molar-refractivity contribution >= 4 is 0 Å². The van der Waals surface area contributed by atoms with Gasteiger partial charge in [0.05, 0.1) is 6.61 Å². The highest BCUT2D eigenvalue weighted by Crippen LogP contribution is 2.25. The summed E-state index contributed by atoms with van der Waals surface area (Å²) in [5.41, 5.74) is 0. The van der Waals surface area contributed by atoms with Gasteiger partial charge < -0.3 is 4.74 Å². The van der Waals surface area contributed by atoms with Crippen LogP contribution in [-0.4, -0.2) is 6.61 Å². The zero-order chi connectivity index (χ0) is 11.4. The number of halogens is 2. The van der Waals surface area contributed by atoms with Crippen LogP contribution in [0.3, 0.4) is 0 Å². The van der Waals surface area contributed by atoms with Crippen LogP contribution < -0.4 is 4.74 Å². The van der Waals surface area contributed by atoms with Gasteiger partial charge in [-0.3, -0.25) is 0 Å². The lowest BCUT2D eigenvalue weighted by molar-refractivity contribution is 0.207. The lowest BCUT2D eigenvalue weighted by Gasteiger charge is -2.21. The molecule has 1 nitrogen and oxygen atoms in total. The Kier molecular flexibility index (Phi) is 3.75. The van der Waals surface area contributed by atoms with Crippen LogP contribution in [0.15, 0.2) is 18.2 Å². The van der Waals surface area contributed by atoms with Gasteiger partial charge in [-0.05, 0) is 18.8 Å². The van der Waals surface area contributed by atoms with Gasteiger partial charge in [-0.25, -0.2) is 8.78 Å². The molecular weight excluding hydrogens is 210 g/mol. The van der Waals surface area contributed by atoms with Crippen molar-refractivity contribution in [1.29, 1.82) is 0 Å². The first-order chi connectivity index (χ1) is 7.74. The van der Waals surface area contributed by atoms with Gasteiger partial charge in [-0.1, -0.05) is 19.3 Å². The zero-order valence-electron chi connectivity index (χ0n) is 9.22. The van der Waals surface area contributed by atoms with Gasteiger partial charge >= 0.3 is 0 Å². The molecule has 0 aromatic heterocycles. The minimum absolute atomic E-state index is 0.295. The van der Waals surface area contributed by atoms with Crippen LogP contribution in [0.25, 0.3) is 0 Å². The molecule has 0 spiro atoms. The van der Waals surface area contributed by atoms with Crippen molar-refractivity contribution in [2.24, 2.45) is 5.92 Å². The van der Waals surface area contributed by atoms with Crippen LogP contribution in [0, 0.1) is 17.6 Å². The number of benzene rings is 1. The average molecular weight is 226 g/mol. The van der Waals surface area contributed by atoms with E-state index in [2.05, 4.69) is 0 Å². The molecule has 1 aromatic carbocycles. The molecule has 0 amide bonds. The number of ether oxygens (including phenoxy) is 1. The normalized spacial score (nSPS) is 17.4. The van der Waals surface area contributed by atoms with Crippen molar-refractivity contribution in [1.82, 2.24) is 0 Å². The number of hydrogen-bond donors (Lipinski definition) is 0. The van der Waals surface area contributed by atoms with E-state index in [4.69, 9.17) is 4.74 Å². The minimum atomic E-state index is -0.585. The maximum atomic E-state index is 12.9. The van der Waals surface area contributed by atoms with Crippen LogP contribution in [0.5, 0.6) is 5.75 Å². The summed E-state index contributed by atoms with van der Waals surface area (Å²) >= 11 is 0. The lowest BCUT2D eigenvalue weighted by atomic mass is 9.90. The van der Waals surface area contributed by atoms with Crippen LogP contribution in [0.1, 0.15) is 32.1 Å². The minimum Gasteiger partial charge on any atom is -0.493 e. The van der Waals surface area contributed by atoms with E-state index in [0.29, 0.717) is 18.3 Å². The maximum absolute atomic E-state index is 12.9. The molecule has 2 rings (SSSR count). The Morgan fingerprint density at radius 3 is 2.25 bits per heavy atom. The summed E-state index contributed by atoms with van der Waals surface area (Å²) in [7, 11) is 0. The molecular formula is C13H16F2O. The topological polar surface area (TPSA) is 9.23 Å². The molecule has 0 unspecified atom stereocenters. The second kappa shape index (κ2) is 5.28. The molecule has 0 bridgehead atoms. The van der Waals surface area contributed by atoms with Gasteiger partial charge in [0.2, 0.25) is 0 Å². The highest BCUT2D eigenvalue weighted by Gasteiger charge is 2.14. The third-order valence-corrected chi connectivity index (χ3v) is 3.05. The Morgan fingerprint density at radius 1 is 1.00 bits per heavy atom. The van der Waals surface area contributed by atoms with Crippen LogP contribution in [0.4, 0.5) is 8.78 Å². The molecule has 3 heteroatoms. The quantitative estimate of drug-likeness (QED) is 0.759. The fourth-order valence-electron chi connectivity index (χ4n) is 2.18. The summed E-state index contributed by atoms with van der Waals surface area (Å²) < 4.78 is 31.2. The molecule has 1 saturated carbocycles. The first-order valence-corrected chi connectivity index (χ1v) is 5.83. The van der Waals surface area contributed by atoms with E-state index < -0.39 is 11.6 Å². The first-order valence-electron chi connectivity index (χ1n) is 5.83. The second-order valence-electron chi connectivity index (χ2n) is 4.42. The molecule has 1 fully saturated rings. The summed E-state index contributed by atoms with van der Waals surface area (Å²) in [6, 6.07) is 3.31. The van der Waals surface area contributed by atoms with Crippen molar-refractivity contribution < 1.29 is 13.5 Å². The fourth-order valence-corrected chi connectivity index (χ4v) is 2.18. The van der Waals surface area contributed by atoms with Crippen LogP contribution in [-0.2, 0) is 0 Å². The maximum Gasteiger partial charge on any atom is 0.129 e. The average Bonchev–Trinajstić information content (AvgIpc) is 2.27. The van der Waals surface area contributed by atoms with Crippen molar-refractivity contribution in [2.45, 2.75) is 32.1 Å². The molecule has 1 aliphatic carbocycles. The Hall–Kier alpha value is -1.12. The van der Waals surface area contributed by atoms with Gasteiger partial charge in [-0.15, -0.1) is 0 Å².